The van der Waals surface area contributed by atoms with E-state index in [2.05, 4.69) is 13.8 Å². The van der Waals surface area contributed by atoms with Crippen LogP contribution in [-0.2, 0) is 14.4 Å². The van der Waals surface area contributed by atoms with E-state index < -0.39 is 17.0 Å². The third kappa shape index (κ3) is 3.93. The molecule has 4 aliphatic carbocycles. The van der Waals surface area contributed by atoms with Crippen LogP contribution < -0.4 is 0 Å². The van der Waals surface area contributed by atoms with Gasteiger partial charge in [0.25, 0.3) is 0 Å². The summed E-state index contributed by atoms with van der Waals surface area (Å²) in [5.74, 6) is 0.423. The Morgan fingerprint density at radius 1 is 1.06 bits per heavy atom. The first-order valence-electron chi connectivity index (χ1n) is 11.5. The van der Waals surface area contributed by atoms with Crippen LogP contribution in [0.2, 0.25) is 0 Å². The molecule has 0 radical (unpaired) electrons. The van der Waals surface area contributed by atoms with Crippen LogP contribution >= 0.6 is 35.7 Å². The van der Waals surface area contributed by atoms with Crippen LogP contribution in [0.15, 0.2) is 11.6 Å². The molecule has 3 saturated carbocycles. The lowest BCUT2D eigenvalue weighted by Gasteiger charge is -2.58. The molecule has 0 heterocycles. The van der Waals surface area contributed by atoms with Gasteiger partial charge in [-0.05, 0) is 74.2 Å². The lowest BCUT2D eigenvalue weighted by molar-refractivity contribution is -0.159. The maximum atomic E-state index is 13.3. The summed E-state index contributed by atoms with van der Waals surface area (Å²) in [4.78, 5) is 36.0. The van der Waals surface area contributed by atoms with Crippen LogP contribution in [0.3, 0.4) is 0 Å². The van der Waals surface area contributed by atoms with Crippen molar-refractivity contribution >= 4 is 56.8 Å². The topological polar surface area (TPSA) is 91.7 Å². The maximum Gasteiger partial charge on any atom is 0.313 e. The van der Waals surface area contributed by atoms with E-state index in [1.54, 1.807) is 0 Å². The molecular formula is C24H32O5S3. The van der Waals surface area contributed by atoms with E-state index >= 15 is 0 Å². The average Bonchev–Trinajstić information content (AvgIpc) is 3.03. The molecule has 2 N–H and O–H groups in total. The van der Waals surface area contributed by atoms with Crippen LogP contribution in [0.1, 0.15) is 65.2 Å². The van der Waals surface area contributed by atoms with Gasteiger partial charge in [0.05, 0.1) is 11.5 Å². The second-order valence-corrected chi connectivity index (χ2v) is 13.6. The second kappa shape index (κ2) is 8.82. The van der Waals surface area contributed by atoms with Crippen molar-refractivity contribution in [1.29, 1.82) is 0 Å². The van der Waals surface area contributed by atoms with Crippen molar-refractivity contribution in [2.45, 2.75) is 70.8 Å². The van der Waals surface area contributed by atoms with E-state index in [1.165, 1.54) is 17.3 Å². The minimum atomic E-state index is -1.34. The summed E-state index contributed by atoms with van der Waals surface area (Å²) in [5.41, 5.74) is -0.384. The fraction of sp³-hybridized carbons (Fsp3) is 0.750. The number of carboxylic acid groups (broad SMARTS) is 1. The zero-order chi connectivity index (χ0) is 23.3. The first-order chi connectivity index (χ1) is 15.0. The summed E-state index contributed by atoms with van der Waals surface area (Å²) in [7, 11) is 0. The van der Waals surface area contributed by atoms with Gasteiger partial charge in [0.1, 0.15) is 9.13 Å². The molecule has 0 saturated heterocycles. The third-order valence-corrected chi connectivity index (χ3v) is 11.9. The predicted octanol–water partition coefficient (Wildman–Crippen LogP) is 4.65. The molecule has 6 atom stereocenters. The molecule has 4 rings (SSSR count). The van der Waals surface area contributed by atoms with Crippen molar-refractivity contribution in [3.63, 3.8) is 0 Å². The number of thiocarbonyl (C=S) groups is 1. The number of aliphatic carboxylic acids is 1. The van der Waals surface area contributed by atoms with Crippen LogP contribution in [-0.4, -0.2) is 48.4 Å². The van der Waals surface area contributed by atoms with E-state index in [-0.39, 0.29) is 28.5 Å². The lowest BCUT2D eigenvalue weighted by atomic mass is 9.46. The molecule has 8 heteroatoms. The zero-order valence-corrected chi connectivity index (χ0v) is 21.2. The van der Waals surface area contributed by atoms with Crippen molar-refractivity contribution in [2.24, 2.45) is 28.6 Å². The number of hydrogen-bond donors (Lipinski definition) is 2. The van der Waals surface area contributed by atoms with Crippen molar-refractivity contribution in [3.8, 4) is 0 Å². The predicted molar refractivity (Wildman–Crippen MR) is 132 cm³/mol. The van der Waals surface area contributed by atoms with Gasteiger partial charge < -0.3 is 10.2 Å². The molecule has 0 amide bonds. The first-order valence-corrected chi connectivity index (χ1v) is 13.9. The van der Waals surface area contributed by atoms with Gasteiger partial charge in [-0.15, -0.1) is 0 Å². The van der Waals surface area contributed by atoms with E-state index in [0.717, 1.165) is 50.3 Å². The summed E-state index contributed by atoms with van der Waals surface area (Å²) in [6.45, 7) is 4.45. The smallest absolute Gasteiger partial charge is 0.313 e. The Kier molecular flexibility index (Phi) is 6.73. The van der Waals surface area contributed by atoms with E-state index in [4.69, 9.17) is 17.3 Å². The molecular weight excluding hydrogens is 464 g/mol. The third-order valence-electron chi connectivity index (χ3n) is 9.21. The number of fused-ring (bicyclic) bond motifs is 5. The summed E-state index contributed by atoms with van der Waals surface area (Å²) in [6.07, 6.45) is 8.60. The summed E-state index contributed by atoms with van der Waals surface area (Å²) in [5, 5.41) is 20.5. The molecule has 6 unspecified atom stereocenters. The quantitative estimate of drug-likeness (QED) is 0.531. The van der Waals surface area contributed by atoms with Crippen LogP contribution in [0.5, 0.6) is 0 Å². The number of thioether (sulfide) groups is 2. The number of carbonyl (C=O) groups is 3. The molecule has 5 nitrogen and oxygen atoms in total. The van der Waals surface area contributed by atoms with Crippen LogP contribution in [0.4, 0.5) is 0 Å². The number of rotatable bonds is 5. The van der Waals surface area contributed by atoms with Gasteiger partial charge in [0.15, 0.2) is 11.6 Å². The number of aliphatic hydroxyl groups is 1. The number of carboxylic acids is 1. The van der Waals surface area contributed by atoms with Gasteiger partial charge in [0.2, 0.25) is 0 Å². The molecule has 3 fully saturated rings. The Bertz CT molecular complexity index is 885. The molecule has 176 valence electrons. The highest BCUT2D eigenvalue weighted by atomic mass is 32.2. The molecule has 0 bridgehead atoms. The Balaban J connectivity index is 1.48. The Hall–Kier alpha value is -0.700. The second-order valence-electron chi connectivity index (χ2n) is 10.5. The summed E-state index contributed by atoms with van der Waals surface area (Å²) >= 11 is 7.41. The fourth-order valence-electron chi connectivity index (χ4n) is 7.44. The van der Waals surface area contributed by atoms with E-state index in [1.807, 2.05) is 6.08 Å². The zero-order valence-electron chi connectivity index (χ0n) is 18.7. The SMILES string of the molecule is CC12CCC(=O)C=C1CCC1C2CCC2(C)C1CCC2(O)C(=O)CSC(=S)SCC(=O)O. The number of Topliss-reactive ketones (excluding diaryl/α,β-unsaturated/α-hetero) is 1. The van der Waals surface area contributed by atoms with Gasteiger partial charge in [-0.1, -0.05) is 55.2 Å². The van der Waals surface area contributed by atoms with E-state index in [9.17, 15) is 19.5 Å². The molecule has 0 aliphatic heterocycles. The molecule has 0 aromatic rings. The minimum Gasteiger partial charge on any atom is -0.481 e. The molecule has 0 spiro atoms. The number of ketones is 2. The number of carbonyl (C=O) groups excluding carboxylic acids is 2. The minimum absolute atomic E-state index is 0.0757. The van der Waals surface area contributed by atoms with Crippen LogP contribution in [0, 0.1) is 28.6 Å². The van der Waals surface area contributed by atoms with Gasteiger partial charge in [-0.2, -0.15) is 0 Å². The Labute approximate surface area is 203 Å². The normalized spacial score (nSPS) is 40.7. The van der Waals surface area contributed by atoms with E-state index in [0.29, 0.717) is 34.1 Å². The van der Waals surface area contributed by atoms with Gasteiger partial charge in [-0.3, -0.25) is 14.4 Å². The average molecular weight is 497 g/mol. The Morgan fingerprint density at radius 2 is 1.75 bits per heavy atom. The highest BCUT2D eigenvalue weighted by Crippen LogP contribution is 2.67. The highest BCUT2D eigenvalue weighted by molar-refractivity contribution is 8.47. The molecule has 0 aromatic carbocycles. The van der Waals surface area contributed by atoms with Crippen molar-refractivity contribution < 1.29 is 24.6 Å². The lowest BCUT2D eigenvalue weighted by Crippen LogP contribution is -2.58. The van der Waals surface area contributed by atoms with Gasteiger partial charge in [-0.25, -0.2) is 0 Å². The summed E-state index contributed by atoms with van der Waals surface area (Å²) < 4.78 is 0.430. The van der Waals surface area contributed by atoms with Crippen LogP contribution in [0.25, 0.3) is 0 Å². The molecule has 4 aliphatic rings. The van der Waals surface area contributed by atoms with Gasteiger partial charge >= 0.3 is 5.97 Å². The molecule has 32 heavy (non-hydrogen) atoms. The number of hydrogen-bond acceptors (Lipinski definition) is 7. The Morgan fingerprint density at radius 3 is 2.47 bits per heavy atom. The standard InChI is InChI=1S/C24H32O5S3/c1-22-8-5-15(25)11-14(22)3-4-16-17(22)6-9-23(2)18(16)7-10-24(23,29)19(26)12-31-21(30)32-13-20(27)28/h11,16-18,29H,3-10,12-13H2,1-2H3,(H,27,28). The fourth-order valence-corrected chi connectivity index (χ4v) is 9.21. The van der Waals surface area contributed by atoms with Gasteiger partial charge in [0, 0.05) is 11.8 Å². The summed E-state index contributed by atoms with van der Waals surface area (Å²) in [6, 6.07) is 0. The maximum absolute atomic E-state index is 13.3. The van der Waals surface area contributed by atoms with Crippen molar-refractivity contribution in [3.05, 3.63) is 11.6 Å². The largest absolute Gasteiger partial charge is 0.481 e. The molecule has 0 aromatic heterocycles. The monoisotopic (exact) mass is 496 g/mol. The van der Waals surface area contributed by atoms with Crippen molar-refractivity contribution in [2.75, 3.05) is 11.5 Å². The highest BCUT2D eigenvalue weighted by Gasteiger charge is 2.66. The first kappa shape index (κ1) is 24.4. The number of allylic oxidation sites excluding steroid dienone is 1. The van der Waals surface area contributed by atoms with Crippen molar-refractivity contribution in [1.82, 2.24) is 0 Å².